The Kier molecular flexibility index (Phi) is 6.07. The van der Waals surface area contributed by atoms with Gasteiger partial charge in [0.1, 0.15) is 5.75 Å². The first kappa shape index (κ1) is 16.1. The lowest BCUT2D eigenvalue weighted by molar-refractivity contribution is -0.134. The second-order valence-corrected chi connectivity index (χ2v) is 5.24. The Morgan fingerprint density at radius 1 is 1.05 bits per heavy atom. The van der Waals surface area contributed by atoms with Crippen LogP contribution in [0.5, 0.6) is 5.75 Å². The molecular weight excluding hydrogens is 276 g/mol. The van der Waals surface area contributed by atoms with Gasteiger partial charge in [0, 0.05) is 18.2 Å². The van der Waals surface area contributed by atoms with Gasteiger partial charge in [-0.1, -0.05) is 20.3 Å². The van der Waals surface area contributed by atoms with Gasteiger partial charge in [0.05, 0.1) is 17.6 Å². The van der Waals surface area contributed by atoms with Gasteiger partial charge in [0.15, 0.2) is 0 Å². The van der Waals surface area contributed by atoms with Gasteiger partial charge in [-0.05, 0) is 43.5 Å². The third-order valence-electron chi connectivity index (χ3n) is 3.33. The molecule has 4 heteroatoms. The van der Waals surface area contributed by atoms with Crippen LogP contribution in [0.4, 0.5) is 0 Å². The standard InChI is InChI=1S/C18H22N2O2/c1-3-5-7-15-12-20-17(13-19-15)14-8-10-16(11-9-14)22-18(21)6-4-2/h8-13H,3-7H2,1-2H3. The zero-order chi connectivity index (χ0) is 15.8. The Hall–Kier alpha value is -2.23. The summed E-state index contributed by atoms with van der Waals surface area (Å²) in [7, 11) is 0. The van der Waals surface area contributed by atoms with Gasteiger partial charge in [-0.25, -0.2) is 0 Å². The zero-order valence-electron chi connectivity index (χ0n) is 13.2. The molecule has 4 nitrogen and oxygen atoms in total. The maximum absolute atomic E-state index is 11.4. The molecule has 0 saturated carbocycles. The summed E-state index contributed by atoms with van der Waals surface area (Å²) < 4.78 is 5.23. The number of ether oxygens (including phenoxy) is 1. The number of aryl methyl sites for hydroxylation is 1. The Morgan fingerprint density at radius 2 is 1.82 bits per heavy atom. The smallest absolute Gasteiger partial charge is 0.311 e. The molecule has 0 unspecified atom stereocenters. The zero-order valence-corrected chi connectivity index (χ0v) is 13.2. The summed E-state index contributed by atoms with van der Waals surface area (Å²) in [5.74, 6) is 0.366. The molecule has 0 spiro atoms. The molecule has 2 rings (SSSR count). The van der Waals surface area contributed by atoms with E-state index in [0.29, 0.717) is 12.2 Å². The number of esters is 1. The molecular formula is C18H22N2O2. The lowest BCUT2D eigenvalue weighted by Gasteiger charge is -2.05. The normalized spacial score (nSPS) is 10.5. The first-order valence-corrected chi connectivity index (χ1v) is 7.85. The second-order valence-electron chi connectivity index (χ2n) is 5.24. The molecule has 0 amide bonds. The number of carbonyl (C=O) groups excluding carboxylic acids is 1. The Labute approximate surface area is 131 Å². The summed E-state index contributed by atoms with van der Waals surface area (Å²) in [6.45, 7) is 4.11. The van der Waals surface area contributed by atoms with E-state index in [1.165, 1.54) is 0 Å². The van der Waals surface area contributed by atoms with Crippen molar-refractivity contribution < 1.29 is 9.53 Å². The fourth-order valence-electron chi connectivity index (χ4n) is 2.07. The van der Waals surface area contributed by atoms with Gasteiger partial charge in [0.25, 0.3) is 0 Å². The molecule has 1 aromatic heterocycles. The minimum atomic E-state index is -0.199. The van der Waals surface area contributed by atoms with Crippen LogP contribution in [0.15, 0.2) is 36.7 Å². The number of carbonyl (C=O) groups is 1. The van der Waals surface area contributed by atoms with Crippen molar-refractivity contribution >= 4 is 5.97 Å². The van der Waals surface area contributed by atoms with E-state index in [4.69, 9.17) is 4.74 Å². The van der Waals surface area contributed by atoms with Crippen molar-refractivity contribution in [2.45, 2.75) is 46.0 Å². The molecule has 2 aromatic rings. The first-order valence-electron chi connectivity index (χ1n) is 7.85. The highest BCUT2D eigenvalue weighted by molar-refractivity contribution is 5.72. The average molecular weight is 298 g/mol. The molecule has 0 aliphatic carbocycles. The number of nitrogens with zero attached hydrogens (tertiary/aromatic N) is 2. The summed E-state index contributed by atoms with van der Waals surface area (Å²) in [4.78, 5) is 20.3. The molecule has 22 heavy (non-hydrogen) atoms. The van der Waals surface area contributed by atoms with Crippen molar-refractivity contribution in [3.63, 3.8) is 0 Å². The summed E-state index contributed by atoms with van der Waals surface area (Å²) in [5, 5.41) is 0. The van der Waals surface area contributed by atoms with Gasteiger partial charge in [-0.3, -0.25) is 14.8 Å². The molecule has 0 saturated heterocycles. The van der Waals surface area contributed by atoms with E-state index in [-0.39, 0.29) is 5.97 Å². The van der Waals surface area contributed by atoms with Crippen LogP contribution in [0.3, 0.4) is 0 Å². The number of hydrogen-bond donors (Lipinski definition) is 0. The van der Waals surface area contributed by atoms with E-state index in [0.717, 1.165) is 42.6 Å². The Balaban J connectivity index is 2.02. The van der Waals surface area contributed by atoms with Crippen molar-refractivity contribution in [3.8, 4) is 17.0 Å². The predicted octanol–water partition coefficient (Wildman–Crippen LogP) is 4.19. The SMILES string of the molecule is CCCCc1cnc(-c2ccc(OC(=O)CCC)cc2)cn1. The van der Waals surface area contributed by atoms with Crippen LogP contribution in [-0.2, 0) is 11.2 Å². The van der Waals surface area contributed by atoms with Crippen LogP contribution in [0.25, 0.3) is 11.3 Å². The molecule has 0 radical (unpaired) electrons. The number of benzene rings is 1. The maximum atomic E-state index is 11.4. The third kappa shape index (κ3) is 4.65. The van der Waals surface area contributed by atoms with Crippen molar-refractivity contribution in [2.75, 3.05) is 0 Å². The maximum Gasteiger partial charge on any atom is 0.311 e. The van der Waals surface area contributed by atoms with E-state index in [2.05, 4.69) is 16.9 Å². The van der Waals surface area contributed by atoms with Crippen molar-refractivity contribution in [2.24, 2.45) is 0 Å². The summed E-state index contributed by atoms with van der Waals surface area (Å²) in [6, 6.07) is 7.36. The molecule has 0 N–H and O–H groups in total. The highest BCUT2D eigenvalue weighted by atomic mass is 16.5. The largest absolute Gasteiger partial charge is 0.427 e. The quantitative estimate of drug-likeness (QED) is 0.568. The van der Waals surface area contributed by atoms with Gasteiger partial charge in [0.2, 0.25) is 0 Å². The lowest BCUT2D eigenvalue weighted by atomic mass is 10.1. The van der Waals surface area contributed by atoms with Crippen molar-refractivity contribution in [3.05, 3.63) is 42.4 Å². The lowest BCUT2D eigenvalue weighted by Crippen LogP contribution is -2.06. The minimum Gasteiger partial charge on any atom is -0.427 e. The van der Waals surface area contributed by atoms with E-state index in [1.54, 1.807) is 18.3 Å². The summed E-state index contributed by atoms with van der Waals surface area (Å²) in [6.07, 6.45) is 8.11. The number of rotatable bonds is 7. The van der Waals surface area contributed by atoms with Crippen LogP contribution in [0, 0.1) is 0 Å². The van der Waals surface area contributed by atoms with Gasteiger partial charge in [-0.15, -0.1) is 0 Å². The molecule has 0 aliphatic heterocycles. The van der Waals surface area contributed by atoms with E-state index in [1.807, 2.05) is 25.3 Å². The van der Waals surface area contributed by atoms with Crippen LogP contribution < -0.4 is 4.74 Å². The summed E-state index contributed by atoms with van der Waals surface area (Å²) in [5.41, 5.74) is 2.81. The van der Waals surface area contributed by atoms with Gasteiger partial charge < -0.3 is 4.74 Å². The number of unbranched alkanes of at least 4 members (excludes halogenated alkanes) is 1. The first-order chi connectivity index (χ1) is 10.7. The average Bonchev–Trinajstić information content (AvgIpc) is 2.54. The molecule has 0 aliphatic rings. The molecule has 0 fully saturated rings. The predicted molar refractivity (Wildman–Crippen MR) is 86.6 cm³/mol. The molecule has 116 valence electrons. The Morgan fingerprint density at radius 3 is 2.41 bits per heavy atom. The third-order valence-corrected chi connectivity index (χ3v) is 3.33. The Bertz CT molecular complexity index is 591. The van der Waals surface area contributed by atoms with Crippen LogP contribution >= 0.6 is 0 Å². The number of hydrogen-bond acceptors (Lipinski definition) is 4. The molecule has 1 heterocycles. The van der Waals surface area contributed by atoms with Crippen molar-refractivity contribution in [1.82, 2.24) is 9.97 Å². The molecule has 1 aromatic carbocycles. The topological polar surface area (TPSA) is 52.1 Å². The fraction of sp³-hybridized carbons (Fsp3) is 0.389. The van der Waals surface area contributed by atoms with Crippen LogP contribution in [0.2, 0.25) is 0 Å². The molecule has 0 bridgehead atoms. The van der Waals surface area contributed by atoms with Gasteiger partial charge >= 0.3 is 5.97 Å². The second kappa shape index (κ2) is 8.27. The summed E-state index contributed by atoms with van der Waals surface area (Å²) >= 11 is 0. The molecule has 0 atom stereocenters. The van der Waals surface area contributed by atoms with E-state index < -0.39 is 0 Å². The van der Waals surface area contributed by atoms with Crippen LogP contribution in [0.1, 0.15) is 45.2 Å². The van der Waals surface area contributed by atoms with E-state index >= 15 is 0 Å². The highest BCUT2D eigenvalue weighted by Crippen LogP contribution is 2.20. The monoisotopic (exact) mass is 298 g/mol. The van der Waals surface area contributed by atoms with Gasteiger partial charge in [-0.2, -0.15) is 0 Å². The highest BCUT2D eigenvalue weighted by Gasteiger charge is 2.05. The fourth-order valence-corrected chi connectivity index (χ4v) is 2.07. The van der Waals surface area contributed by atoms with Crippen molar-refractivity contribution in [1.29, 1.82) is 0 Å². The van der Waals surface area contributed by atoms with Crippen LogP contribution in [-0.4, -0.2) is 15.9 Å². The van der Waals surface area contributed by atoms with E-state index in [9.17, 15) is 4.79 Å². The number of aromatic nitrogens is 2. The minimum absolute atomic E-state index is 0.199.